The normalized spacial score (nSPS) is 10.4. The van der Waals surface area contributed by atoms with E-state index in [0.29, 0.717) is 6.07 Å². The molecule has 0 unspecified atom stereocenters. The van der Waals surface area contributed by atoms with Gasteiger partial charge in [-0.1, -0.05) is 11.6 Å². The second-order valence-electron chi connectivity index (χ2n) is 2.45. The fourth-order valence-electron chi connectivity index (χ4n) is 0.906. The molecule has 0 bridgehead atoms. The van der Waals surface area contributed by atoms with Gasteiger partial charge < -0.3 is 0 Å². The highest BCUT2D eigenvalue weighted by atomic mass is 35.5. The Bertz CT molecular complexity index is 425. The van der Waals surface area contributed by atoms with Crippen LogP contribution in [-0.4, -0.2) is 16.2 Å². The molecule has 0 N–H and O–H groups in total. The van der Waals surface area contributed by atoms with Crippen molar-refractivity contribution in [3.63, 3.8) is 0 Å². The van der Waals surface area contributed by atoms with Gasteiger partial charge in [-0.15, -0.1) is 0 Å². The molecule has 0 spiro atoms. The van der Waals surface area contributed by atoms with Gasteiger partial charge >= 0.3 is 5.69 Å². The third-order valence-electron chi connectivity index (χ3n) is 1.55. The zero-order chi connectivity index (χ0) is 11.6. The van der Waals surface area contributed by atoms with Gasteiger partial charge in [-0.3, -0.25) is 14.9 Å². The van der Waals surface area contributed by atoms with Crippen LogP contribution in [0, 0.1) is 10.1 Å². The summed E-state index contributed by atoms with van der Waals surface area (Å²) in [6, 6.07) is 0.670. The number of nitro groups is 1. The summed E-state index contributed by atoms with van der Waals surface area (Å²) in [7, 11) is 0. The summed E-state index contributed by atoms with van der Waals surface area (Å²) in [5.41, 5.74) is -2.08. The van der Waals surface area contributed by atoms with Crippen molar-refractivity contribution in [1.29, 1.82) is 0 Å². The summed E-state index contributed by atoms with van der Waals surface area (Å²) in [6.07, 6.45) is -2.94. The number of alkyl halides is 2. The summed E-state index contributed by atoms with van der Waals surface area (Å²) in [5, 5.41) is 9.68. The minimum Gasteiger partial charge on any atom is -0.298 e. The highest BCUT2D eigenvalue weighted by molar-refractivity contribution is 6.31. The number of aldehydes is 1. The number of pyridine rings is 1. The molecular formula is C7H3ClF2N2O3. The Morgan fingerprint density at radius 2 is 2.20 bits per heavy atom. The van der Waals surface area contributed by atoms with Crippen molar-refractivity contribution >= 4 is 23.6 Å². The Morgan fingerprint density at radius 1 is 1.60 bits per heavy atom. The van der Waals surface area contributed by atoms with Crippen LogP contribution in [0.15, 0.2) is 6.07 Å². The third kappa shape index (κ3) is 2.24. The predicted molar refractivity (Wildman–Crippen MR) is 46.2 cm³/mol. The zero-order valence-electron chi connectivity index (χ0n) is 6.99. The van der Waals surface area contributed by atoms with Crippen LogP contribution >= 0.6 is 11.6 Å². The first-order chi connectivity index (χ1) is 6.97. The van der Waals surface area contributed by atoms with E-state index < -0.39 is 33.4 Å². The van der Waals surface area contributed by atoms with Crippen molar-refractivity contribution in [2.75, 3.05) is 0 Å². The van der Waals surface area contributed by atoms with Gasteiger partial charge in [0.1, 0.15) is 5.69 Å². The molecule has 0 saturated carbocycles. The quantitative estimate of drug-likeness (QED) is 0.350. The number of aromatic nitrogens is 1. The van der Waals surface area contributed by atoms with Crippen LogP contribution in [0.2, 0.25) is 5.15 Å². The number of hydrogen-bond donors (Lipinski definition) is 0. The fourth-order valence-corrected chi connectivity index (χ4v) is 1.12. The van der Waals surface area contributed by atoms with Crippen molar-refractivity contribution in [3.05, 3.63) is 32.6 Å². The third-order valence-corrected chi connectivity index (χ3v) is 1.83. The summed E-state index contributed by atoms with van der Waals surface area (Å²) in [5.74, 6) is 0. The van der Waals surface area contributed by atoms with Crippen LogP contribution in [0.25, 0.3) is 0 Å². The lowest BCUT2D eigenvalue weighted by atomic mass is 10.2. The summed E-state index contributed by atoms with van der Waals surface area (Å²) in [4.78, 5) is 22.9. The number of carbonyl (C=O) groups is 1. The van der Waals surface area contributed by atoms with Crippen LogP contribution in [0.5, 0.6) is 0 Å². The van der Waals surface area contributed by atoms with E-state index in [4.69, 9.17) is 11.6 Å². The number of carbonyl (C=O) groups excluding carboxylic acids is 1. The van der Waals surface area contributed by atoms with E-state index in [0.717, 1.165) is 0 Å². The molecule has 0 aromatic carbocycles. The Kier molecular flexibility index (Phi) is 3.25. The average molecular weight is 237 g/mol. The predicted octanol–water partition coefficient (Wildman–Crippen LogP) is 2.39. The molecule has 1 aromatic rings. The molecule has 5 nitrogen and oxygen atoms in total. The summed E-state index contributed by atoms with van der Waals surface area (Å²) in [6.45, 7) is 0. The number of hydrogen-bond acceptors (Lipinski definition) is 4. The van der Waals surface area contributed by atoms with E-state index >= 15 is 0 Å². The second-order valence-corrected chi connectivity index (χ2v) is 2.81. The highest BCUT2D eigenvalue weighted by Gasteiger charge is 2.22. The molecule has 1 aromatic heterocycles. The monoisotopic (exact) mass is 236 g/mol. The van der Waals surface area contributed by atoms with Crippen LogP contribution < -0.4 is 0 Å². The minimum absolute atomic E-state index is 0.0673. The molecule has 0 aliphatic heterocycles. The van der Waals surface area contributed by atoms with Crippen molar-refractivity contribution < 1.29 is 18.5 Å². The van der Waals surface area contributed by atoms with Gasteiger partial charge in [-0.05, 0) is 0 Å². The first kappa shape index (κ1) is 11.4. The zero-order valence-corrected chi connectivity index (χ0v) is 7.74. The van der Waals surface area contributed by atoms with Gasteiger partial charge in [-0.2, -0.15) is 0 Å². The second kappa shape index (κ2) is 4.26. The van der Waals surface area contributed by atoms with E-state index in [2.05, 4.69) is 4.98 Å². The van der Waals surface area contributed by atoms with Gasteiger partial charge in [0, 0.05) is 11.6 Å². The lowest BCUT2D eigenvalue weighted by molar-refractivity contribution is -0.385. The molecule has 0 amide bonds. The molecule has 15 heavy (non-hydrogen) atoms. The van der Waals surface area contributed by atoms with Gasteiger partial charge in [0.2, 0.25) is 5.15 Å². The first-order valence-corrected chi connectivity index (χ1v) is 3.93. The van der Waals surface area contributed by atoms with Gasteiger partial charge in [0.25, 0.3) is 6.43 Å². The number of halogens is 3. The molecule has 0 atom stereocenters. The van der Waals surface area contributed by atoms with Gasteiger partial charge in [0.05, 0.1) is 4.92 Å². The van der Waals surface area contributed by atoms with Crippen molar-refractivity contribution in [2.24, 2.45) is 0 Å². The highest BCUT2D eigenvalue weighted by Crippen LogP contribution is 2.28. The molecule has 0 aliphatic rings. The Balaban J connectivity index is 3.42. The molecule has 8 heteroatoms. The Labute approximate surface area is 86.8 Å². The van der Waals surface area contributed by atoms with Crippen LogP contribution in [0.4, 0.5) is 14.5 Å². The van der Waals surface area contributed by atoms with Crippen LogP contribution in [0.1, 0.15) is 22.5 Å². The molecule has 0 fully saturated rings. The summed E-state index contributed by atoms with van der Waals surface area (Å²) < 4.78 is 24.6. The van der Waals surface area contributed by atoms with E-state index in [1.54, 1.807) is 0 Å². The standard InChI is InChI=1S/C7H3ClF2N2O3/c8-6-4(12(14)15)1-3(2-13)5(11-6)7(9)10/h1-2,7H. The van der Waals surface area contributed by atoms with E-state index in [1.165, 1.54) is 0 Å². The van der Waals surface area contributed by atoms with Crippen molar-refractivity contribution in [1.82, 2.24) is 4.98 Å². The fraction of sp³-hybridized carbons (Fsp3) is 0.143. The van der Waals surface area contributed by atoms with Crippen molar-refractivity contribution in [2.45, 2.75) is 6.43 Å². The molecule has 1 rings (SSSR count). The molecule has 0 radical (unpaired) electrons. The lowest BCUT2D eigenvalue weighted by Crippen LogP contribution is -2.01. The number of rotatable bonds is 3. The lowest BCUT2D eigenvalue weighted by Gasteiger charge is -2.03. The van der Waals surface area contributed by atoms with Crippen LogP contribution in [0.3, 0.4) is 0 Å². The van der Waals surface area contributed by atoms with E-state index in [1.807, 2.05) is 0 Å². The van der Waals surface area contributed by atoms with Gasteiger partial charge in [-0.25, -0.2) is 13.8 Å². The smallest absolute Gasteiger partial charge is 0.298 e. The maximum absolute atomic E-state index is 12.3. The van der Waals surface area contributed by atoms with E-state index in [9.17, 15) is 23.7 Å². The van der Waals surface area contributed by atoms with Gasteiger partial charge in [0.15, 0.2) is 6.29 Å². The maximum Gasteiger partial charge on any atom is 0.307 e. The largest absolute Gasteiger partial charge is 0.307 e. The molecule has 80 valence electrons. The van der Waals surface area contributed by atoms with Crippen LogP contribution in [-0.2, 0) is 0 Å². The minimum atomic E-state index is -3.01. The maximum atomic E-state index is 12.3. The summed E-state index contributed by atoms with van der Waals surface area (Å²) >= 11 is 5.30. The average Bonchev–Trinajstić information content (AvgIpc) is 2.16. The number of nitrogens with zero attached hydrogens (tertiary/aromatic N) is 2. The topological polar surface area (TPSA) is 73.1 Å². The first-order valence-electron chi connectivity index (χ1n) is 3.55. The molecule has 1 heterocycles. The van der Waals surface area contributed by atoms with Crippen molar-refractivity contribution in [3.8, 4) is 0 Å². The molecule has 0 aliphatic carbocycles. The Morgan fingerprint density at radius 3 is 2.60 bits per heavy atom. The SMILES string of the molecule is O=Cc1cc([N+](=O)[O-])c(Cl)nc1C(F)F. The van der Waals surface area contributed by atoms with E-state index in [-0.39, 0.29) is 6.29 Å². The molecule has 0 saturated heterocycles. The molecular weight excluding hydrogens is 234 g/mol. The Hall–Kier alpha value is -1.63.